The van der Waals surface area contributed by atoms with Crippen LogP contribution in [0.25, 0.3) is 0 Å². The third-order valence-corrected chi connectivity index (χ3v) is 2.99. The normalized spacial score (nSPS) is 10.2. The fourth-order valence-electron chi connectivity index (χ4n) is 2.07. The highest BCUT2D eigenvalue weighted by Gasteiger charge is 2.20. The topological polar surface area (TPSA) is 75.5 Å². The molecule has 0 atom stereocenters. The molecule has 0 unspecified atom stereocenters. The molecule has 6 nitrogen and oxygen atoms in total. The minimum atomic E-state index is -0.486. The fraction of sp³-hybridized carbons (Fsp3) is 0.500. The summed E-state index contributed by atoms with van der Waals surface area (Å²) in [5, 5.41) is 13.8. The van der Waals surface area contributed by atoms with Crippen molar-refractivity contribution in [2.75, 3.05) is 25.5 Å². The van der Waals surface area contributed by atoms with Crippen LogP contribution >= 0.6 is 0 Å². The Hall–Kier alpha value is -2.11. The molecule has 6 heteroatoms. The highest BCUT2D eigenvalue weighted by molar-refractivity contribution is 6.00. The molecule has 0 bridgehead atoms. The van der Waals surface area contributed by atoms with Crippen molar-refractivity contribution >= 4 is 17.3 Å². The summed E-state index contributed by atoms with van der Waals surface area (Å²) >= 11 is 0. The van der Waals surface area contributed by atoms with Gasteiger partial charge in [0.2, 0.25) is 0 Å². The first kappa shape index (κ1) is 15.9. The van der Waals surface area contributed by atoms with Crippen molar-refractivity contribution in [1.82, 2.24) is 4.90 Å². The van der Waals surface area contributed by atoms with Crippen LogP contribution in [0.4, 0.5) is 11.4 Å². The van der Waals surface area contributed by atoms with Gasteiger partial charge in [-0.05, 0) is 18.9 Å². The van der Waals surface area contributed by atoms with E-state index in [9.17, 15) is 14.9 Å². The van der Waals surface area contributed by atoms with Crippen LogP contribution in [-0.4, -0.2) is 35.9 Å². The number of carbonyl (C=O) groups is 1. The summed E-state index contributed by atoms with van der Waals surface area (Å²) in [5.74, 6) is -0.165. The maximum Gasteiger partial charge on any atom is 0.270 e. The van der Waals surface area contributed by atoms with Crippen molar-refractivity contribution in [3.8, 4) is 0 Å². The summed E-state index contributed by atoms with van der Waals surface area (Å²) in [4.78, 5) is 24.6. The lowest BCUT2D eigenvalue weighted by atomic mass is 10.1. The molecule has 1 aromatic rings. The average Bonchev–Trinajstić information content (AvgIpc) is 2.45. The molecule has 20 heavy (non-hydrogen) atoms. The van der Waals surface area contributed by atoms with Gasteiger partial charge in [-0.25, -0.2) is 0 Å². The van der Waals surface area contributed by atoms with Crippen LogP contribution in [0.15, 0.2) is 18.2 Å². The number of nitro groups is 1. The number of hydrogen-bond donors (Lipinski definition) is 1. The summed E-state index contributed by atoms with van der Waals surface area (Å²) in [5.41, 5.74) is 0.890. The number of hydrogen-bond acceptors (Lipinski definition) is 4. The Morgan fingerprint density at radius 2 is 1.90 bits per heavy atom. The Balaban J connectivity index is 3.16. The van der Waals surface area contributed by atoms with Gasteiger partial charge in [0.15, 0.2) is 0 Å². The van der Waals surface area contributed by atoms with Gasteiger partial charge in [0.25, 0.3) is 11.6 Å². The van der Waals surface area contributed by atoms with Gasteiger partial charge in [0.05, 0.1) is 10.5 Å². The van der Waals surface area contributed by atoms with Crippen molar-refractivity contribution in [3.63, 3.8) is 0 Å². The summed E-state index contributed by atoms with van der Waals surface area (Å²) in [6.45, 7) is 5.31. The Bertz CT molecular complexity index is 483. The molecule has 1 N–H and O–H groups in total. The number of rotatable bonds is 7. The first-order valence-electron chi connectivity index (χ1n) is 6.80. The number of anilines is 1. The molecule has 0 radical (unpaired) electrons. The smallest absolute Gasteiger partial charge is 0.270 e. The molecule has 0 aliphatic heterocycles. The fourth-order valence-corrected chi connectivity index (χ4v) is 2.07. The van der Waals surface area contributed by atoms with Gasteiger partial charge in [-0.2, -0.15) is 0 Å². The van der Waals surface area contributed by atoms with E-state index in [1.807, 2.05) is 13.8 Å². The lowest BCUT2D eigenvalue weighted by Crippen LogP contribution is -2.33. The Morgan fingerprint density at radius 1 is 1.30 bits per heavy atom. The quantitative estimate of drug-likeness (QED) is 0.615. The minimum absolute atomic E-state index is 0.0692. The van der Waals surface area contributed by atoms with E-state index in [1.54, 1.807) is 18.0 Å². The van der Waals surface area contributed by atoms with Crippen molar-refractivity contribution in [1.29, 1.82) is 0 Å². The molecule has 0 aliphatic rings. The number of carbonyl (C=O) groups excluding carboxylic acids is 1. The summed E-state index contributed by atoms with van der Waals surface area (Å²) in [7, 11) is 1.70. The van der Waals surface area contributed by atoms with E-state index in [2.05, 4.69) is 5.32 Å². The molecular weight excluding hydrogens is 258 g/mol. The molecule has 0 saturated carbocycles. The second kappa shape index (κ2) is 7.47. The lowest BCUT2D eigenvalue weighted by molar-refractivity contribution is -0.384. The van der Waals surface area contributed by atoms with Gasteiger partial charge < -0.3 is 10.2 Å². The van der Waals surface area contributed by atoms with Crippen LogP contribution in [0, 0.1) is 10.1 Å². The Labute approximate surface area is 118 Å². The van der Waals surface area contributed by atoms with E-state index < -0.39 is 4.92 Å². The maximum absolute atomic E-state index is 12.5. The summed E-state index contributed by atoms with van der Waals surface area (Å²) in [6, 6.07) is 4.31. The van der Waals surface area contributed by atoms with E-state index >= 15 is 0 Å². The molecule has 1 rings (SSSR count). The van der Waals surface area contributed by atoms with Crippen LogP contribution in [0.5, 0.6) is 0 Å². The van der Waals surface area contributed by atoms with Crippen LogP contribution in [-0.2, 0) is 0 Å². The predicted molar refractivity (Wildman–Crippen MR) is 79.1 cm³/mol. The number of non-ortho nitro benzene ring substituents is 1. The monoisotopic (exact) mass is 279 g/mol. The van der Waals surface area contributed by atoms with Crippen molar-refractivity contribution in [2.45, 2.75) is 26.7 Å². The van der Waals surface area contributed by atoms with Gasteiger partial charge in [-0.3, -0.25) is 14.9 Å². The zero-order valence-corrected chi connectivity index (χ0v) is 12.2. The molecule has 0 saturated heterocycles. The predicted octanol–water partition coefficient (Wildman–Crippen LogP) is 2.90. The summed E-state index contributed by atoms with van der Waals surface area (Å²) < 4.78 is 0. The largest absolute Gasteiger partial charge is 0.387 e. The number of amides is 1. The maximum atomic E-state index is 12.5. The van der Waals surface area contributed by atoms with Crippen LogP contribution < -0.4 is 5.32 Å². The van der Waals surface area contributed by atoms with E-state index in [1.165, 1.54) is 12.1 Å². The molecule has 1 aromatic carbocycles. The van der Waals surface area contributed by atoms with Crippen LogP contribution in [0.3, 0.4) is 0 Å². The molecule has 0 aliphatic carbocycles. The van der Waals surface area contributed by atoms with Crippen molar-refractivity contribution < 1.29 is 9.72 Å². The van der Waals surface area contributed by atoms with E-state index in [-0.39, 0.29) is 11.6 Å². The number of nitrogens with one attached hydrogen (secondary N) is 1. The van der Waals surface area contributed by atoms with Gasteiger partial charge in [-0.15, -0.1) is 0 Å². The second-order valence-electron chi connectivity index (χ2n) is 4.53. The number of nitro benzene ring substituents is 1. The summed E-state index contributed by atoms with van der Waals surface area (Å²) in [6.07, 6.45) is 1.71. The third kappa shape index (κ3) is 3.69. The van der Waals surface area contributed by atoms with Gasteiger partial charge in [-0.1, -0.05) is 13.8 Å². The SMILES string of the molecule is CCCN(CCC)C(=O)c1cc([N+](=O)[O-])ccc1NC. The molecule has 0 heterocycles. The van der Waals surface area contributed by atoms with Crippen LogP contribution in [0.1, 0.15) is 37.0 Å². The molecule has 1 amide bonds. The van der Waals surface area contributed by atoms with E-state index in [0.29, 0.717) is 24.3 Å². The number of nitrogens with zero attached hydrogens (tertiary/aromatic N) is 2. The average molecular weight is 279 g/mol. The van der Waals surface area contributed by atoms with Crippen LogP contribution in [0.2, 0.25) is 0 Å². The van der Waals surface area contributed by atoms with Crippen molar-refractivity contribution in [3.05, 3.63) is 33.9 Å². The molecule has 0 spiro atoms. The zero-order chi connectivity index (χ0) is 15.1. The number of benzene rings is 1. The first-order chi connectivity index (χ1) is 9.54. The van der Waals surface area contributed by atoms with Crippen molar-refractivity contribution in [2.24, 2.45) is 0 Å². The van der Waals surface area contributed by atoms with Gasteiger partial charge in [0.1, 0.15) is 0 Å². The molecule has 0 aromatic heterocycles. The molecular formula is C14H21N3O3. The highest BCUT2D eigenvalue weighted by atomic mass is 16.6. The molecule has 110 valence electrons. The second-order valence-corrected chi connectivity index (χ2v) is 4.53. The third-order valence-electron chi connectivity index (χ3n) is 2.99. The Kier molecular flexibility index (Phi) is 5.96. The first-order valence-corrected chi connectivity index (χ1v) is 6.80. The molecule has 0 fully saturated rings. The standard InChI is InChI=1S/C14H21N3O3/c1-4-8-16(9-5-2)14(18)12-10-11(17(19)20)6-7-13(12)15-3/h6-7,10,15H,4-5,8-9H2,1-3H3. The van der Waals surface area contributed by atoms with Gasteiger partial charge in [0, 0.05) is 38.0 Å². The highest BCUT2D eigenvalue weighted by Crippen LogP contribution is 2.23. The zero-order valence-electron chi connectivity index (χ0n) is 12.2. The Morgan fingerprint density at radius 3 is 2.35 bits per heavy atom. The lowest BCUT2D eigenvalue weighted by Gasteiger charge is -2.22. The van der Waals surface area contributed by atoms with Gasteiger partial charge >= 0.3 is 0 Å². The van der Waals surface area contributed by atoms with E-state index in [0.717, 1.165) is 12.8 Å². The minimum Gasteiger partial charge on any atom is -0.387 e. The van der Waals surface area contributed by atoms with E-state index in [4.69, 9.17) is 0 Å².